The molecule has 1 heterocycles. The topological polar surface area (TPSA) is 55.1 Å². The van der Waals surface area contributed by atoms with E-state index in [1.165, 1.54) is 11.3 Å². The fraction of sp³-hybridized carbons (Fsp3) is 0.214. The van der Waals surface area contributed by atoms with Crippen LogP contribution in [0.5, 0.6) is 0 Å². The minimum absolute atomic E-state index is 0.0550. The number of hydrogen-bond donors (Lipinski definition) is 2. The Labute approximate surface area is 125 Å². The van der Waals surface area contributed by atoms with Gasteiger partial charge < -0.3 is 11.1 Å². The van der Waals surface area contributed by atoms with Crippen molar-refractivity contribution >= 4 is 38.9 Å². The summed E-state index contributed by atoms with van der Waals surface area (Å²) in [5.41, 5.74) is 9.74. The lowest BCUT2D eigenvalue weighted by molar-refractivity contribution is 0.0955. The Bertz CT molecular complexity index is 602. The van der Waals surface area contributed by atoms with Crippen molar-refractivity contribution in [3.8, 4) is 0 Å². The molecular weight excluding hydrogens is 324 g/mol. The van der Waals surface area contributed by atoms with Gasteiger partial charge in [-0.1, -0.05) is 12.1 Å². The van der Waals surface area contributed by atoms with Crippen LogP contribution in [0.1, 0.15) is 26.4 Å². The maximum Gasteiger partial charge on any atom is 0.261 e. The van der Waals surface area contributed by atoms with Crippen molar-refractivity contribution in [3.63, 3.8) is 0 Å². The van der Waals surface area contributed by atoms with Crippen LogP contribution >= 0.6 is 27.3 Å². The molecule has 0 saturated heterocycles. The van der Waals surface area contributed by atoms with E-state index >= 15 is 0 Å². The number of anilines is 1. The zero-order valence-corrected chi connectivity index (χ0v) is 13.2. The van der Waals surface area contributed by atoms with Crippen molar-refractivity contribution in [3.05, 3.63) is 49.6 Å². The molecule has 0 aliphatic carbocycles. The number of carbonyl (C=O) groups is 1. The van der Waals surface area contributed by atoms with Gasteiger partial charge in [-0.05, 0) is 58.6 Å². The molecule has 19 heavy (non-hydrogen) atoms. The first kappa shape index (κ1) is 14.1. The Kier molecular flexibility index (Phi) is 4.27. The normalized spacial score (nSPS) is 10.5. The molecule has 0 spiro atoms. The Hall–Kier alpha value is -1.33. The maximum atomic E-state index is 12.0. The SMILES string of the molecule is Cc1cc(C(=O)NCc2cccc(N)c2C)sc1Br. The molecule has 1 aromatic carbocycles. The highest BCUT2D eigenvalue weighted by molar-refractivity contribution is 9.11. The molecule has 0 fully saturated rings. The summed E-state index contributed by atoms with van der Waals surface area (Å²) in [6.45, 7) is 4.42. The average Bonchev–Trinajstić information content (AvgIpc) is 2.71. The first-order valence-electron chi connectivity index (χ1n) is 5.87. The number of amides is 1. The van der Waals surface area contributed by atoms with Crippen LogP contribution in [0.2, 0.25) is 0 Å². The second-order valence-electron chi connectivity index (χ2n) is 4.38. The number of benzene rings is 1. The lowest BCUT2D eigenvalue weighted by atomic mass is 10.1. The molecular formula is C14H15BrN2OS. The van der Waals surface area contributed by atoms with Crippen molar-refractivity contribution in [2.45, 2.75) is 20.4 Å². The minimum atomic E-state index is -0.0550. The van der Waals surface area contributed by atoms with Gasteiger partial charge in [-0.25, -0.2) is 0 Å². The number of rotatable bonds is 3. The molecule has 100 valence electrons. The molecule has 2 aromatic rings. The number of nitrogens with two attached hydrogens (primary N) is 1. The number of nitrogens with one attached hydrogen (secondary N) is 1. The van der Waals surface area contributed by atoms with E-state index in [-0.39, 0.29) is 5.91 Å². The van der Waals surface area contributed by atoms with Gasteiger partial charge in [0.1, 0.15) is 0 Å². The van der Waals surface area contributed by atoms with Gasteiger partial charge in [-0.15, -0.1) is 11.3 Å². The predicted octanol–water partition coefficient (Wildman–Crippen LogP) is 3.64. The van der Waals surface area contributed by atoms with Gasteiger partial charge in [-0.2, -0.15) is 0 Å². The molecule has 0 aliphatic heterocycles. The monoisotopic (exact) mass is 338 g/mol. The number of aryl methyl sites for hydroxylation is 1. The zero-order valence-electron chi connectivity index (χ0n) is 10.8. The van der Waals surface area contributed by atoms with Crippen molar-refractivity contribution in [2.75, 3.05) is 5.73 Å². The fourth-order valence-electron chi connectivity index (χ4n) is 1.73. The van der Waals surface area contributed by atoms with E-state index in [1.54, 1.807) is 0 Å². The van der Waals surface area contributed by atoms with Crippen LogP contribution in [0.25, 0.3) is 0 Å². The van der Waals surface area contributed by atoms with Crippen LogP contribution in [0.15, 0.2) is 28.1 Å². The summed E-state index contributed by atoms with van der Waals surface area (Å²) in [5, 5.41) is 2.92. The van der Waals surface area contributed by atoms with E-state index in [1.807, 2.05) is 38.1 Å². The number of halogens is 1. The predicted molar refractivity (Wildman–Crippen MR) is 83.5 cm³/mol. The van der Waals surface area contributed by atoms with Crippen molar-refractivity contribution < 1.29 is 4.79 Å². The third kappa shape index (κ3) is 3.16. The third-order valence-corrected chi connectivity index (χ3v) is 5.14. The highest BCUT2D eigenvalue weighted by atomic mass is 79.9. The average molecular weight is 339 g/mol. The Balaban J connectivity index is 2.06. The molecule has 0 aliphatic rings. The lowest BCUT2D eigenvalue weighted by Gasteiger charge is -2.09. The summed E-state index contributed by atoms with van der Waals surface area (Å²) in [6.07, 6.45) is 0. The van der Waals surface area contributed by atoms with E-state index in [9.17, 15) is 4.79 Å². The van der Waals surface area contributed by atoms with Crippen molar-refractivity contribution in [1.29, 1.82) is 0 Å². The van der Waals surface area contributed by atoms with Crippen LogP contribution in [-0.2, 0) is 6.54 Å². The van der Waals surface area contributed by atoms with Crippen LogP contribution in [0.3, 0.4) is 0 Å². The first-order valence-corrected chi connectivity index (χ1v) is 7.48. The van der Waals surface area contributed by atoms with Gasteiger partial charge >= 0.3 is 0 Å². The van der Waals surface area contributed by atoms with Gasteiger partial charge in [0, 0.05) is 12.2 Å². The number of carbonyl (C=O) groups excluding carboxylic acids is 1. The van der Waals surface area contributed by atoms with Gasteiger partial charge in [0.05, 0.1) is 8.66 Å². The second-order valence-corrected chi connectivity index (χ2v) is 6.75. The molecule has 2 rings (SSSR count). The summed E-state index contributed by atoms with van der Waals surface area (Å²) >= 11 is 4.87. The zero-order chi connectivity index (χ0) is 14.0. The van der Waals surface area contributed by atoms with Crippen molar-refractivity contribution in [1.82, 2.24) is 5.32 Å². The summed E-state index contributed by atoms with van der Waals surface area (Å²) in [4.78, 5) is 12.7. The van der Waals surface area contributed by atoms with E-state index in [0.29, 0.717) is 11.4 Å². The van der Waals surface area contributed by atoms with Gasteiger partial charge in [-0.3, -0.25) is 4.79 Å². The molecule has 1 aromatic heterocycles. The molecule has 0 radical (unpaired) electrons. The van der Waals surface area contributed by atoms with Crippen LogP contribution in [0.4, 0.5) is 5.69 Å². The maximum absolute atomic E-state index is 12.0. The highest BCUT2D eigenvalue weighted by Crippen LogP contribution is 2.27. The largest absolute Gasteiger partial charge is 0.399 e. The summed E-state index contributed by atoms with van der Waals surface area (Å²) in [6, 6.07) is 7.62. The molecule has 0 saturated carbocycles. The Morgan fingerprint density at radius 2 is 2.16 bits per heavy atom. The first-order chi connectivity index (χ1) is 8.99. The van der Waals surface area contributed by atoms with Gasteiger partial charge in [0.2, 0.25) is 0 Å². The number of nitrogen functional groups attached to an aromatic ring is 1. The quantitative estimate of drug-likeness (QED) is 0.839. The molecule has 3 nitrogen and oxygen atoms in total. The molecule has 0 atom stereocenters. The number of thiophene rings is 1. The van der Waals surface area contributed by atoms with Gasteiger partial charge in [0.25, 0.3) is 5.91 Å². The summed E-state index contributed by atoms with van der Waals surface area (Å²) in [5.74, 6) is -0.0550. The van der Waals surface area contributed by atoms with E-state index in [4.69, 9.17) is 5.73 Å². The van der Waals surface area contributed by atoms with Crippen molar-refractivity contribution in [2.24, 2.45) is 0 Å². The standard InChI is InChI=1S/C14H15BrN2OS/c1-8-6-12(19-13(8)15)14(18)17-7-10-4-3-5-11(16)9(10)2/h3-6H,7,16H2,1-2H3,(H,17,18). The van der Waals surface area contributed by atoms with Crippen LogP contribution < -0.4 is 11.1 Å². The smallest absolute Gasteiger partial charge is 0.261 e. The molecule has 5 heteroatoms. The summed E-state index contributed by atoms with van der Waals surface area (Å²) in [7, 11) is 0. The minimum Gasteiger partial charge on any atom is -0.399 e. The summed E-state index contributed by atoms with van der Waals surface area (Å²) < 4.78 is 0.998. The lowest BCUT2D eigenvalue weighted by Crippen LogP contribution is -2.22. The molecule has 3 N–H and O–H groups in total. The highest BCUT2D eigenvalue weighted by Gasteiger charge is 2.11. The fourth-order valence-corrected chi connectivity index (χ4v) is 3.18. The molecule has 0 bridgehead atoms. The van der Waals surface area contributed by atoms with E-state index in [0.717, 1.165) is 26.2 Å². The van der Waals surface area contributed by atoms with Crippen LogP contribution in [-0.4, -0.2) is 5.91 Å². The second kappa shape index (κ2) is 5.75. The van der Waals surface area contributed by atoms with Crippen LogP contribution in [0, 0.1) is 13.8 Å². The number of hydrogen-bond acceptors (Lipinski definition) is 3. The van der Waals surface area contributed by atoms with Gasteiger partial charge in [0.15, 0.2) is 0 Å². The third-order valence-electron chi connectivity index (χ3n) is 3.01. The van der Waals surface area contributed by atoms with E-state index in [2.05, 4.69) is 21.2 Å². The van der Waals surface area contributed by atoms with E-state index < -0.39 is 0 Å². The Morgan fingerprint density at radius 1 is 1.42 bits per heavy atom. The molecule has 0 unspecified atom stereocenters. The molecule has 1 amide bonds. The Morgan fingerprint density at radius 3 is 2.79 bits per heavy atom.